The Hall–Kier alpha value is -0.450. The van der Waals surface area contributed by atoms with Crippen LogP contribution < -0.4 is 9.47 Å². The lowest BCUT2D eigenvalue weighted by Crippen LogP contribution is -1.91. The molecule has 12 heavy (non-hydrogen) atoms. The molecule has 0 unspecified atom stereocenters. The first-order valence-electron chi connectivity index (χ1n) is 3.58. The molecule has 0 heterocycles. The Bertz CT molecular complexity index is 261. The third kappa shape index (κ3) is 2.03. The third-order valence-corrected chi connectivity index (χ3v) is 2.48. The topological polar surface area (TPSA) is 18.5 Å². The van der Waals surface area contributed by atoms with Crippen LogP contribution in [-0.2, 0) is 4.43 Å². The molecule has 0 amide bonds. The lowest BCUT2D eigenvalue weighted by atomic mass is 10.0. The van der Waals surface area contributed by atoms with Crippen molar-refractivity contribution in [2.75, 3.05) is 14.2 Å². The van der Waals surface area contributed by atoms with E-state index in [9.17, 15) is 0 Å². The van der Waals surface area contributed by atoms with Gasteiger partial charge in [-0.25, -0.2) is 0 Å². The van der Waals surface area contributed by atoms with Gasteiger partial charge in [-0.1, -0.05) is 28.7 Å². The largest absolute Gasteiger partial charge is 0.493 e. The first kappa shape index (κ1) is 9.64. The first-order valence-corrected chi connectivity index (χ1v) is 5.11. The van der Waals surface area contributed by atoms with Gasteiger partial charge in [0.05, 0.1) is 14.2 Å². The van der Waals surface area contributed by atoms with Gasteiger partial charge in [-0.2, -0.15) is 0 Å². The summed E-state index contributed by atoms with van der Waals surface area (Å²) in [5.74, 6) is 1.58. The fraction of sp³-hybridized carbons (Fsp3) is 0.333. The molecule has 1 aromatic carbocycles. The van der Waals surface area contributed by atoms with Crippen LogP contribution in [0.5, 0.6) is 11.5 Å². The van der Waals surface area contributed by atoms with Gasteiger partial charge in [0.25, 0.3) is 0 Å². The van der Waals surface area contributed by atoms with E-state index in [1.807, 2.05) is 18.2 Å². The molecule has 0 aliphatic heterocycles. The van der Waals surface area contributed by atoms with Crippen LogP contribution in [0.3, 0.4) is 0 Å². The highest BCUT2D eigenvalue weighted by Gasteiger charge is 2.02. The van der Waals surface area contributed by atoms with E-state index in [0.717, 1.165) is 15.9 Å². The fourth-order valence-corrected chi connectivity index (χ4v) is 1.44. The molecular weight excluding hydrogens is 266 g/mol. The van der Waals surface area contributed by atoms with E-state index in [-0.39, 0.29) is 0 Å². The van der Waals surface area contributed by atoms with E-state index in [0.29, 0.717) is 0 Å². The van der Waals surface area contributed by atoms with E-state index >= 15 is 0 Å². The van der Waals surface area contributed by atoms with Crippen molar-refractivity contribution in [2.45, 2.75) is 4.43 Å². The minimum atomic E-state index is 0.783. The molecule has 0 bridgehead atoms. The summed E-state index contributed by atoms with van der Waals surface area (Å²) in [6, 6.07) is 5.95. The Kier molecular flexibility index (Phi) is 3.65. The standard InChI is InChI=1S/C9H11IO2/c1-11-8-4-3-7(6-10)5-9(8)12-2/h3-5H,6H2,1-2H3/i6-1. The molecule has 3 heteroatoms. The Balaban J connectivity index is 3.02. The van der Waals surface area contributed by atoms with E-state index in [4.69, 9.17) is 9.47 Å². The number of ether oxygens (including phenoxy) is 2. The SMILES string of the molecule is COc1ccc([11CH2]I)cc1OC. The van der Waals surface area contributed by atoms with Crippen molar-refractivity contribution in [3.63, 3.8) is 0 Å². The summed E-state index contributed by atoms with van der Waals surface area (Å²) in [7, 11) is 3.29. The van der Waals surface area contributed by atoms with Crippen molar-refractivity contribution in [3.8, 4) is 11.5 Å². The van der Waals surface area contributed by atoms with Crippen LogP contribution in [0.1, 0.15) is 5.56 Å². The molecular formula is C9H11IO2. The molecule has 0 saturated carbocycles. The number of hydrogen-bond donors (Lipinski definition) is 0. The summed E-state index contributed by atoms with van der Waals surface area (Å²) in [6.45, 7) is 0. The number of hydrogen-bond acceptors (Lipinski definition) is 2. The number of alkyl halides is 1. The fourth-order valence-electron chi connectivity index (χ4n) is 0.964. The van der Waals surface area contributed by atoms with Gasteiger partial charge >= 0.3 is 0 Å². The molecule has 1 aromatic rings. The lowest BCUT2D eigenvalue weighted by molar-refractivity contribution is 0.354. The van der Waals surface area contributed by atoms with Gasteiger partial charge in [0, 0.05) is 4.43 Å². The highest BCUT2D eigenvalue weighted by Crippen LogP contribution is 2.28. The smallest absolute Gasteiger partial charge is 0.161 e. The maximum atomic E-state index is 5.15. The first-order chi connectivity index (χ1) is 5.81. The van der Waals surface area contributed by atoms with Crippen molar-refractivity contribution >= 4 is 22.6 Å². The predicted molar refractivity (Wildman–Crippen MR) is 57.3 cm³/mol. The average molecular weight is 277 g/mol. The van der Waals surface area contributed by atoms with Crippen molar-refractivity contribution in [1.29, 1.82) is 0 Å². The Morgan fingerprint density at radius 1 is 1.17 bits per heavy atom. The van der Waals surface area contributed by atoms with E-state index < -0.39 is 0 Å². The average Bonchev–Trinajstić information content (AvgIpc) is 2.16. The van der Waals surface area contributed by atoms with Gasteiger partial charge in [-0.3, -0.25) is 0 Å². The summed E-state index contributed by atoms with van der Waals surface area (Å²) in [6.07, 6.45) is 0. The second-order valence-electron chi connectivity index (χ2n) is 2.32. The summed E-state index contributed by atoms with van der Waals surface area (Å²) in [4.78, 5) is 0. The number of benzene rings is 1. The zero-order valence-corrected chi connectivity index (χ0v) is 9.29. The number of methoxy groups -OCH3 is 2. The van der Waals surface area contributed by atoms with Crippen LogP contribution in [0.25, 0.3) is 0 Å². The molecule has 66 valence electrons. The second-order valence-corrected chi connectivity index (χ2v) is 3.09. The van der Waals surface area contributed by atoms with Crippen molar-refractivity contribution in [2.24, 2.45) is 0 Å². The monoisotopic (exact) mass is 277 g/mol. The predicted octanol–water partition coefficient (Wildman–Crippen LogP) is 2.64. The lowest BCUT2D eigenvalue weighted by Gasteiger charge is -2.07. The Labute approximate surface area is 86.0 Å². The van der Waals surface area contributed by atoms with E-state index in [1.54, 1.807) is 14.2 Å². The highest BCUT2D eigenvalue weighted by atomic mass is 127. The molecule has 0 saturated heterocycles. The van der Waals surface area contributed by atoms with Gasteiger partial charge in [0.2, 0.25) is 0 Å². The summed E-state index contributed by atoms with van der Waals surface area (Å²) < 4.78 is 11.2. The molecule has 0 atom stereocenters. The zero-order valence-electron chi connectivity index (χ0n) is 7.13. The molecule has 0 spiro atoms. The summed E-state index contributed by atoms with van der Waals surface area (Å²) in [5, 5.41) is 0. The maximum absolute atomic E-state index is 5.15. The third-order valence-electron chi connectivity index (χ3n) is 1.60. The number of halogens is 1. The van der Waals surface area contributed by atoms with E-state index in [1.165, 1.54) is 5.56 Å². The quantitative estimate of drug-likeness (QED) is 0.624. The minimum Gasteiger partial charge on any atom is -0.493 e. The van der Waals surface area contributed by atoms with Crippen LogP contribution in [0, 0.1) is 0 Å². The minimum absolute atomic E-state index is 0.783. The number of rotatable bonds is 3. The molecule has 0 fully saturated rings. The molecule has 0 radical (unpaired) electrons. The summed E-state index contributed by atoms with van der Waals surface area (Å²) in [5.41, 5.74) is 1.24. The molecule has 0 aliphatic rings. The second kappa shape index (κ2) is 4.54. The molecule has 0 N–H and O–H groups in total. The summed E-state index contributed by atoms with van der Waals surface area (Å²) >= 11 is 2.31. The van der Waals surface area contributed by atoms with Crippen LogP contribution >= 0.6 is 22.6 Å². The van der Waals surface area contributed by atoms with Crippen molar-refractivity contribution in [1.82, 2.24) is 0 Å². The highest BCUT2D eigenvalue weighted by molar-refractivity contribution is 14.1. The van der Waals surface area contributed by atoms with Crippen molar-refractivity contribution < 1.29 is 9.47 Å². The zero-order chi connectivity index (χ0) is 8.97. The molecule has 0 aromatic heterocycles. The van der Waals surface area contributed by atoms with Gasteiger partial charge in [0.1, 0.15) is 0 Å². The van der Waals surface area contributed by atoms with Gasteiger partial charge in [0.15, 0.2) is 11.5 Å². The van der Waals surface area contributed by atoms with Crippen LogP contribution in [-0.4, -0.2) is 14.2 Å². The van der Waals surface area contributed by atoms with Crippen molar-refractivity contribution in [3.05, 3.63) is 23.8 Å². The molecule has 0 aliphatic carbocycles. The maximum Gasteiger partial charge on any atom is 0.161 e. The molecule has 1 rings (SSSR count). The van der Waals surface area contributed by atoms with E-state index in [2.05, 4.69) is 22.6 Å². The molecule has 2 nitrogen and oxygen atoms in total. The van der Waals surface area contributed by atoms with Crippen LogP contribution in [0.15, 0.2) is 18.2 Å². The Morgan fingerprint density at radius 3 is 2.33 bits per heavy atom. The van der Waals surface area contributed by atoms with Gasteiger partial charge in [-0.15, -0.1) is 0 Å². The normalized spacial score (nSPS) is 9.58. The van der Waals surface area contributed by atoms with Crippen LogP contribution in [0.2, 0.25) is 0 Å². The Morgan fingerprint density at radius 2 is 1.83 bits per heavy atom. The van der Waals surface area contributed by atoms with Gasteiger partial charge < -0.3 is 9.47 Å². The van der Waals surface area contributed by atoms with Crippen LogP contribution in [0.4, 0.5) is 0 Å². The van der Waals surface area contributed by atoms with Gasteiger partial charge in [-0.05, 0) is 17.7 Å².